The van der Waals surface area contributed by atoms with E-state index in [0.29, 0.717) is 17.2 Å². The molecule has 0 amide bonds. The molecule has 1 unspecified atom stereocenters. The van der Waals surface area contributed by atoms with Crippen LogP contribution in [0.5, 0.6) is 5.75 Å². The van der Waals surface area contributed by atoms with Crippen LogP contribution in [0, 0.1) is 0 Å². The van der Waals surface area contributed by atoms with Crippen LogP contribution in [-0.4, -0.2) is 33.6 Å². The molecule has 6 nitrogen and oxygen atoms in total. The van der Waals surface area contributed by atoms with Gasteiger partial charge in [-0.15, -0.1) is 0 Å². The third-order valence-electron chi connectivity index (χ3n) is 4.55. The van der Waals surface area contributed by atoms with Crippen LogP contribution in [0.15, 0.2) is 73.1 Å². The van der Waals surface area contributed by atoms with Gasteiger partial charge in [0.2, 0.25) is 0 Å². The lowest BCUT2D eigenvalue weighted by Crippen LogP contribution is -2.06. The van der Waals surface area contributed by atoms with E-state index < -0.39 is 0 Å². The molecule has 2 aromatic heterocycles. The summed E-state index contributed by atoms with van der Waals surface area (Å²) in [5.74, 6) is 1.92. The maximum atomic E-state index is 11.1. The zero-order valence-corrected chi connectivity index (χ0v) is 15.2. The predicted octanol–water partition coefficient (Wildman–Crippen LogP) is 3.87. The lowest BCUT2D eigenvalue weighted by molar-refractivity contribution is 0.112. The number of aromatic nitrogens is 4. The van der Waals surface area contributed by atoms with E-state index >= 15 is 0 Å². The minimum atomic E-state index is -0.135. The number of carbonyl (C=O) groups is 1. The second kappa shape index (κ2) is 7.84. The van der Waals surface area contributed by atoms with Crippen molar-refractivity contribution >= 4 is 6.29 Å². The number of nitrogens with zero attached hydrogens (tertiary/aromatic N) is 3. The fourth-order valence-electron chi connectivity index (χ4n) is 3.14. The summed E-state index contributed by atoms with van der Waals surface area (Å²) in [4.78, 5) is 19.9. The SMILES string of the molecule is COc1ccc(C(c2ccncc2)c2nc(-c3cccc(C=O)c3)n[nH]2)cc1. The van der Waals surface area contributed by atoms with Crippen molar-refractivity contribution in [2.24, 2.45) is 0 Å². The highest BCUT2D eigenvalue weighted by atomic mass is 16.5. The van der Waals surface area contributed by atoms with Crippen molar-refractivity contribution in [2.45, 2.75) is 5.92 Å². The molecule has 1 N–H and O–H groups in total. The smallest absolute Gasteiger partial charge is 0.181 e. The van der Waals surface area contributed by atoms with Crippen molar-refractivity contribution in [1.29, 1.82) is 0 Å². The number of methoxy groups -OCH3 is 1. The molecule has 1 atom stereocenters. The van der Waals surface area contributed by atoms with Crippen LogP contribution in [0.2, 0.25) is 0 Å². The molecule has 0 saturated carbocycles. The van der Waals surface area contributed by atoms with E-state index in [0.717, 1.165) is 28.7 Å². The second-order valence-corrected chi connectivity index (χ2v) is 6.27. The maximum absolute atomic E-state index is 11.1. The molecule has 0 radical (unpaired) electrons. The molecule has 4 rings (SSSR count). The molecular weight excluding hydrogens is 352 g/mol. The molecule has 0 saturated heterocycles. The monoisotopic (exact) mass is 370 g/mol. The molecular formula is C22H18N4O2. The van der Waals surface area contributed by atoms with E-state index in [9.17, 15) is 4.79 Å². The average molecular weight is 370 g/mol. The summed E-state index contributed by atoms with van der Waals surface area (Å²) < 4.78 is 5.27. The van der Waals surface area contributed by atoms with E-state index in [1.165, 1.54) is 0 Å². The molecule has 28 heavy (non-hydrogen) atoms. The number of H-pyrrole nitrogens is 1. The molecule has 0 bridgehead atoms. The minimum absolute atomic E-state index is 0.135. The van der Waals surface area contributed by atoms with E-state index in [-0.39, 0.29) is 5.92 Å². The number of hydrogen-bond donors (Lipinski definition) is 1. The first-order valence-corrected chi connectivity index (χ1v) is 8.80. The standard InChI is InChI=1S/C22H18N4O2/c1-28-19-7-5-16(6-8-19)20(17-9-11-23-12-10-17)22-24-21(25-26-22)18-4-2-3-15(13-18)14-27/h2-14,20H,1H3,(H,24,25,26). The van der Waals surface area contributed by atoms with Gasteiger partial charge >= 0.3 is 0 Å². The van der Waals surface area contributed by atoms with Crippen molar-refractivity contribution < 1.29 is 9.53 Å². The maximum Gasteiger partial charge on any atom is 0.181 e. The summed E-state index contributed by atoms with van der Waals surface area (Å²) >= 11 is 0. The van der Waals surface area contributed by atoms with Crippen molar-refractivity contribution in [1.82, 2.24) is 20.2 Å². The van der Waals surface area contributed by atoms with Gasteiger partial charge in [0.05, 0.1) is 13.0 Å². The number of benzene rings is 2. The highest BCUT2D eigenvalue weighted by Crippen LogP contribution is 2.31. The van der Waals surface area contributed by atoms with E-state index in [1.807, 2.05) is 48.5 Å². The number of rotatable bonds is 6. The van der Waals surface area contributed by atoms with Crippen LogP contribution in [-0.2, 0) is 0 Å². The zero-order chi connectivity index (χ0) is 19.3. The van der Waals surface area contributed by atoms with Crippen LogP contribution in [0.1, 0.15) is 33.2 Å². The zero-order valence-electron chi connectivity index (χ0n) is 15.2. The highest BCUT2D eigenvalue weighted by molar-refractivity contribution is 5.77. The van der Waals surface area contributed by atoms with E-state index in [4.69, 9.17) is 9.72 Å². The summed E-state index contributed by atoms with van der Waals surface area (Å²) in [6.07, 6.45) is 4.33. The van der Waals surface area contributed by atoms with Crippen LogP contribution < -0.4 is 4.74 Å². The molecule has 138 valence electrons. The lowest BCUT2D eigenvalue weighted by atomic mass is 9.91. The number of aldehydes is 1. The predicted molar refractivity (Wildman–Crippen MR) is 105 cm³/mol. The fraction of sp³-hybridized carbons (Fsp3) is 0.0909. The molecule has 2 aromatic carbocycles. The summed E-state index contributed by atoms with van der Waals surface area (Å²) in [6, 6.07) is 19.0. The molecule has 0 aliphatic heterocycles. The van der Waals surface area contributed by atoms with Gasteiger partial charge in [0.25, 0.3) is 0 Å². The first-order valence-electron chi connectivity index (χ1n) is 8.80. The highest BCUT2D eigenvalue weighted by Gasteiger charge is 2.21. The first-order chi connectivity index (χ1) is 13.8. The molecule has 0 fully saturated rings. The summed E-state index contributed by atoms with van der Waals surface area (Å²) in [5, 5.41) is 7.44. The Morgan fingerprint density at radius 2 is 1.75 bits per heavy atom. The van der Waals surface area contributed by atoms with Gasteiger partial charge in [-0.05, 0) is 41.5 Å². The Labute approximate surface area is 162 Å². The Hall–Kier alpha value is -3.80. The van der Waals surface area contributed by atoms with Crippen molar-refractivity contribution in [2.75, 3.05) is 7.11 Å². The molecule has 0 aliphatic carbocycles. The normalized spacial score (nSPS) is 11.8. The Kier molecular flexibility index (Phi) is 4.93. The van der Waals surface area contributed by atoms with Crippen LogP contribution in [0.25, 0.3) is 11.4 Å². The van der Waals surface area contributed by atoms with Crippen molar-refractivity contribution in [3.05, 3.63) is 95.6 Å². The molecule has 2 heterocycles. The largest absolute Gasteiger partial charge is 0.497 e. The molecule has 0 aliphatic rings. The van der Waals surface area contributed by atoms with Gasteiger partial charge in [0.1, 0.15) is 17.9 Å². The Morgan fingerprint density at radius 1 is 1.00 bits per heavy atom. The average Bonchev–Trinajstić information content (AvgIpc) is 3.25. The second-order valence-electron chi connectivity index (χ2n) is 6.27. The Bertz CT molecular complexity index is 1080. The van der Waals surface area contributed by atoms with Crippen LogP contribution in [0.3, 0.4) is 0 Å². The van der Waals surface area contributed by atoms with E-state index in [2.05, 4.69) is 15.2 Å². The molecule has 6 heteroatoms. The first kappa shape index (κ1) is 17.6. The summed E-state index contributed by atoms with van der Waals surface area (Å²) in [5.41, 5.74) is 3.47. The summed E-state index contributed by atoms with van der Waals surface area (Å²) in [7, 11) is 1.64. The number of nitrogens with one attached hydrogen (secondary N) is 1. The van der Waals surface area contributed by atoms with Crippen molar-refractivity contribution in [3.63, 3.8) is 0 Å². The number of hydrogen-bond acceptors (Lipinski definition) is 5. The van der Waals surface area contributed by atoms with E-state index in [1.54, 1.807) is 31.6 Å². The lowest BCUT2D eigenvalue weighted by Gasteiger charge is -2.15. The van der Waals surface area contributed by atoms with Crippen LogP contribution in [0.4, 0.5) is 0 Å². The van der Waals surface area contributed by atoms with Gasteiger partial charge in [0.15, 0.2) is 5.82 Å². The van der Waals surface area contributed by atoms with Crippen LogP contribution >= 0.6 is 0 Å². The number of carbonyl (C=O) groups excluding carboxylic acids is 1. The molecule has 4 aromatic rings. The quantitative estimate of drug-likeness (QED) is 0.521. The van der Waals surface area contributed by atoms with Gasteiger partial charge in [-0.25, -0.2) is 4.98 Å². The van der Waals surface area contributed by atoms with Gasteiger partial charge < -0.3 is 4.74 Å². The van der Waals surface area contributed by atoms with Gasteiger partial charge in [-0.2, -0.15) is 5.10 Å². The van der Waals surface area contributed by atoms with Crippen molar-refractivity contribution in [3.8, 4) is 17.1 Å². The number of ether oxygens (including phenoxy) is 1. The Balaban J connectivity index is 1.77. The fourth-order valence-corrected chi connectivity index (χ4v) is 3.14. The molecule has 0 spiro atoms. The van der Waals surface area contributed by atoms with Gasteiger partial charge in [0, 0.05) is 23.5 Å². The third-order valence-corrected chi connectivity index (χ3v) is 4.55. The number of pyridine rings is 1. The number of aromatic amines is 1. The Morgan fingerprint density at radius 3 is 2.46 bits per heavy atom. The van der Waals surface area contributed by atoms with Gasteiger partial charge in [-0.3, -0.25) is 14.9 Å². The summed E-state index contributed by atoms with van der Waals surface area (Å²) in [6.45, 7) is 0. The minimum Gasteiger partial charge on any atom is -0.497 e. The third kappa shape index (κ3) is 3.53. The topological polar surface area (TPSA) is 80.8 Å². The van der Waals surface area contributed by atoms with Gasteiger partial charge in [-0.1, -0.05) is 30.3 Å².